The third-order valence-electron chi connectivity index (χ3n) is 4.40. The van der Waals surface area contributed by atoms with Gasteiger partial charge in [-0.3, -0.25) is 4.90 Å². The van der Waals surface area contributed by atoms with Crippen molar-refractivity contribution in [3.63, 3.8) is 0 Å². The number of aromatic nitrogens is 3. The van der Waals surface area contributed by atoms with E-state index in [0.717, 1.165) is 30.5 Å². The fourth-order valence-corrected chi connectivity index (χ4v) is 3.82. The zero-order valence-corrected chi connectivity index (χ0v) is 13.6. The third kappa shape index (κ3) is 3.14. The van der Waals surface area contributed by atoms with Crippen molar-refractivity contribution >= 4 is 15.9 Å². The van der Waals surface area contributed by atoms with Crippen LogP contribution in [0, 0.1) is 0 Å². The summed E-state index contributed by atoms with van der Waals surface area (Å²) in [6, 6.07) is 0. The third-order valence-corrected chi connectivity index (χ3v) is 4.65. The van der Waals surface area contributed by atoms with E-state index in [1.54, 1.807) is 0 Å². The van der Waals surface area contributed by atoms with Crippen LogP contribution in [0.25, 0.3) is 0 Å². The van der Waals surface area contributed by atoms with E-state index in [4.69, 9.17) is 0 Å². The molecule has 0 amide bonds. The molecule has 1 unspecified atom stereocenters. The molecule has 110 valence electrons. The molecule has 4 nitrogen and oxygen atoms in total. The lowest BCUT2D eigenvalue weighted by Crippen LogP contribution is -2.36. The van der Waals surface area contributed by atoms with Gasteiger partial charge in [0.1, 0.15) is 11.6 Å². The molecule has 0 spiro atoms. The normalized spacial score (nSPS) is 24.1. The quantitative estimate of drug-likeness (QED) is 0.849. The van der Waals surface area contributed by atoms with Gasteiger partial charge in [0.2, 0.25) is 0 Å². The molecule has 1 fully saturated rings. The number of piperidine rings is 1. The van der Waals surface area contributed by atoms with E-state index >= 15 is 0 Å². The highest BCUT2D eigenvalue weighted by Crippen LogP contribution is 2.28. The standard InChI is InChI=1S/C15H23BrN4/c1-12(16)10-19-8-5-6-13(11-19)15-18-17-14-7-3-2-4-9-20(14)15/h13H,1-11H2. The molecule has 2 aliphatic rings. The molecule has 0 aliphatic carbocycles. The second kappa shape index (κ2) is 6.39. The molecule has 5 heteroatoms. The molecule has 0 aromatic carbocycles. The summed E-state index contributed by atoms with van der Waals surface area (Å²) < 4.78 is 3.47. The molecule has 2 aliphatic heterocycles. The van der Waals surface area contributed by atoms with Crippen LogP contribution >= 0.6 is 15.9 Å². The van der Waals surface area contributed by atoms with E-state index in [1.807, 2.05) is 0 Å². The first-order valence-electron chi connectivity index (χ1n) is 7.71. The number of nitrogens with zero attached hydrogens (tertiary/aromatic N) is 4. The molecule has 3 heterocycles. The number of rotatable bonds is 3. The van der Waals surface area contributed by atoms with Crippen molar-refractivity contribution in [1.29, 1.82) is 0 Å². The van der Waals surface area contributed by atoms with Crippen LogP contribution < -0.4 is 0 Å². The van der Waals surface area contributed by atoms with Gasteiger partial charge in [0, 0.05) is 36.5 Å². The highest BCUT2D eigenvalue weighted by Gasteiger charge is 2.27. The Balaban J connectivity index is 1.75. The molecular weight excluding hydrogens is 316 g/mol. The summed E-state index contributed by atoms with van der Waals surface area (Å²) in [5, 5.41) is 8.97. The van der Waals surface area contributed by atoms with Gasteiger partial charge >= 0.3 is 0 Å². The Morgan fingerprint density at radius 1 is 1.20 bits per heavy atom. The van der Waals surface area contributed by atoms with Crippen LogP contribution in [-0.2, 0) is 13.0 Å². The summed E-state index contributed by atoms with van der Waals surface area (Å²) >= 11 is 3.48. The lowest BCUT2D eigenvalue weighted by Gasteiger charge is -2.32. The lowest BCUT2D eigenvalue weighted by molar-refractivity contribution is 0.220. The van der Waals surface area contributed by atoms with Crippen molar-refractivity contribution in [1.82, 2.24) is 19.7 Å². The van der Waals surface area contributed by atoms with Crippen LogP contribution in [0.3, 0.4) is 0 Å². The fourth-order valence-electron chi connectivity index (χ4n) is 3.46. The molecule has 20 heavy (non-hydrogen) atoms. The van der Waals surface area contributed by atoms with Gasteiger partial charge in [-0.25, -0.2) is 0 Å². The molecule has 3 rings (SSSR count). The molecule has 1 aromatic rings. The first kappa shape index (κ1) is 14.3. The number of aryl methyl sites for hydroxylation is 1. The van der Waals surface area contributed by atoms with Crippen LogP contribution in [0.1, 0.15) is 49.7 Å². The highest BCUT2D eigenvalue weighted by molar-refractivity contribution is 9.11. The van der Waals surface area contributed by atoms with Crippen molar-refractivity contribution < 1.29 is 0 Å². The van der Waals surface area contributed by atoms with E-state index in [-0.39, 0.29) is 0 Å². The summed E-state index contributed by atoms with van der Waals surface area (Å²) in [6.45, 7) is 8.27. The summed E-state index contributed by atoms with van der Waals surface area (Å²) in [7, 11) is 0. The first-order valence-corrected chi connectivity index (χ1v) is 8.51. The lowest BCUT2D eigenvalue weighted by atomic mass is 9.97. The van der Waals surface area contributed by atoms with E-state index < -0.39 is 0 Å². The monoisotopic (exact) mass is 338 g/mol. The maximum Gasteiger partial charge on any atom is 0.137 e. The van der Waals surface area contributed by atoms with Gasteiger partial charge in [-0.15, -0.1) is 10.2 Å². The number of fused-ring (bicyclic) bond motifs is 1. The van der Waals surface area contributed by atoms with Crippen molar-refractivity contribution in [3.05, 3.63) is 22.7 Å². The smallest absolute Gasteiger partial charge is 0.137 e. The summed E-state index contributed by atoms with van der Waals surface area (Å²) in [6.07, 6.45) is 7.44. The minimum atomic E-state index is 0.537. The molecule has 1 atom stereocenters. The molecular formula is C15H23BrN4. The van der Waals surface area contributed by atoms with Crippen molar-refractivity contribution in [2.45, 2.75) is 51.0 Å². The van der Waals surface area contributed by atoms with Gasteiger partial charge in [0.05, 0.1) is 0 Å². The Bertz CT molecular complexity index is 482. The molecule has 0 bridgehead atoms. The maximum atomic E-state index is 4.53. The van der Waals surface area contributed by atoms with E-state index in [0.29, 0.717) is 5.92 Å². The topological polar surface area (TPSA) is 34.0 Å². The predicted octanol–water partition coefficient (Wildman–Crippen LogP) is 3.09. The van der Waals surface area contributed by atoms with Crippen LogP contribution in [0.5, 0.6) is 0 Å². The zero-order chi connectivity index (χ0) is 13.9. The SMILES string of the molecule is C=C(Br)CN1CCCC(c2nnc3n2CCCCC3)C1. The minimum Gasteiger partial charge on any atom is -0.315 e. The number of hydrogen-bond acceptors (Lipinski definition) is 3. The van der Waals surface area contributed by atoms with Gasteiger partial charge in [0.25, 0.3) is 0 Å². The molecule has 0 N–H and O–H groups in total. The van der Waals surface area contributed by atoms with Gasteiger partial charge in [-0.2, -0.15) is 0 Å². The van der Waals surface area contributed by atoms with E-state index in [9.17, 15) is 0 Å². The first-order chi connectivity index (χ1) is 9.74. The van der Waals surface area contributed by atoms with Crippen LogP contribution in [0.4, 0.5) is 0 Å². The largest absolute Gasteiger partial charge is 0.315 e. The second-order valence-electron chi connectivity index (χ2n) is 6.03. The average molecular weight is 339 g/mol. The Labute approximate surface area is 129 Å². The van der Waals surface area contributed by atoms with Crippen molar-refractivity contribution in [2.75, 3.05) is 19.6 Å². The Morgan fingerprint density at radius 2 is 2.10 bits per heavy atom. The van der Waals surface area contributed by atoms with Crippen molar-refractivity contribution in [2.24, 2.45) is 0 Å². The molecule has 0 radical (unpaired) electrons. The zero-order valence-electron chi connectivity index (χ0n) is 12.0. The predicted molar refractivity (Wildman–Crippen MR) is 84.1 cm³/mol. The molecule has 1 saturated heterocycles. The maximum absolute atomic E-state index is 4.53. The number of halogens is 1. The Morgan fingerprint density at radius 3 is 2.95 bits per heavy atom. The highest BCUT2D eigenvalue weighted by atomic mass is 79.9. The van der Waals surface area contributed by atoms with E-state index in [2.05, 4.69) is 42.2 Å². The summed E-state index contributed by atoms with van der Waals surface area (Å²) in [5.41, 5.74) is 0. The van der Waals surface area contributed by atoms with Crippen LogP contribution in [0.2, 0.25) is 0 Å². The Hall–Kier alpha value is -0.680. The minimum absolute atomic E-state index is 0.537. The number of hydrogen-bond donors (Lipinski definition) is 0. The molecule has 0 saturated carbocycles. The van der Waals surface area contributed by atoms with Crippen molar-refractivity contribution in [3.8, 4) is 0 Å². The van der Waals surface area contributed by atoms with E-state index in [1.165, 1.54) is 50.3 Å². The number of likely N-dealkylation sites (tertiary alicyclic amines) is 1. The molecule has 1 aromatic heterocycles. The second-order valence-corrected chi connectivity index (χ2v) is 7.15. The van der Waals surface area contributed by atoms with Crippen LogP contribution in [-0.4, -0.2) is 39.3 Å². The van der Waals surface area contributed by atoms with Gasteiger partial charge in [-0.05, 0) is 32.2 Å². The summed E-state index contributed by atoms with van der Waals surface area (Å²) in [4.78, 5) is 2.48. The fraction of sp³-hybridized carbons (Fsp3) is 0.733. The Kier molecular flexibility index (Phi) is 4.56. The van der Waals surface area contributed by atoms with Gasteiger partial charge in [-0.1, -0.05) is 28.9 Å². The summed E-state index contributed by atoms with van der Waals surface area (Å²) in [5.74, 6) is 2.97. The van der Waals surface area contributed by atoms with Crippen LogP contribution in [0.15, 0.2) is 11.1 Å². The van der Waals surface area contributed by atoms with Gasteiger partial charge < -0.3 is 4.57 Å². The average Bonchev–Trinajstić information content (AvgIpc) is 2.67. The van der Waals surface area contributed by atoms with Gasteiger partial charge in [0.15, 0.2) is 0 Å².